The minimum atomic E-state index is -0.710. The fourth-order valence-corrected chi connectivity index (χ4v) is 2.63. The lowest BCUT2D eigenvalue weighted by atomic mass is 9.84. The maximum Gasteiger partial charge on any atom is 0.227 e. The van der Waals surface area contributed by atoms with Gasteiger partial charge < -0.3 is 16.4 Å². The molecule has 1 heterocycles. The lowest BCUT2D eigenvalue weighted by Gasteiger charge is -2.21. The average Bonchev–Trinajstić information content (AvgIpc) is 2.99. The summed E-state index contributed by atoms with van der Waals surface area (Å²) in [6.45, 7) is 5.66. The molecular formula is C17H26ClN3O2. The third-order valence-electron chi connectivity index (χ3n) is 4.45. The van der Waals surface area contributed by atoms with Gasteiger partial charge in [0, 0.05) is 12.1 Å². The molecule has 128 valence electrons. The summed E-state index contributed by atoms with van der Waals surface area (Å²) in [5.41, 5.74) is 6.29. The summed E-state index contributed by atoms with van der Waals surface area (Å²) < 4.78 is 0. The Morgan fingerprint density at radius 1 is 1.30 bits per heavy atom. The number of carbonyl (C=O) groups is 2. The molecule has 1 fully saturated rings. The quantitative estimate of drug-likeness (QED) is 0.742. The Morgan fingerprint density at radius 3 is 2.48 bits per heavy atom. The number of hydrogen-bond donors (Lipinski definition) is 3. The molecule has 1 unspecified atom stereocenters. The predicted molar refractivity (Wildman–Crippen MR) is 94.8 cm³/mol. The van der Waals surface area contributed by atoms with E-state index in [4.69, 9.17) is 5.73 Å². The van der Waals surface area contributed by atoms with Gasteiger partial charge in [-0.2, -0.15) is 0 Å². The van der Waals surface area contributed by atoms with Crippen LogP contribution in [0, 0.1) is 5.92 Å². The monoisotopic (exact) mass is 339 g/mol. The summed E-state index contributed by atoms with van der Waals surface area (Å²) >= 11 is 0. The van der Waals surface area contributed by atoms with Crippen molar-refractivity contribution in [1.29, 1.82) is 0 Å². The van der Waals surface area contributed by atoms with Crippen LogP contribution in [0.3, 0.4) is 0 Å². The molecule has 2 amide bonds. The molecule has 1 aromatic carbocycles. The van der Waals surface area contributed by atoms with Gasteiger partial charge in [0.2, 0.25) is 11.8 Å². The van der Waals surface area contributed by atoms with Gasteiger partial charge in [0.25, 0.3) is 0 Å². The molecule has 6 heteroatoms. The summed E-state index contributed by atoms with van der Waals surface area (Å²) in [6, 6.07) is 7.30. The van der Waals surface area contributed by atoms with Crippen LogP contribution in [-0.2, 0) is 15.0 Å². The number of anilines is 1. The molecule has 2 rings (SSSR count). The van der Waals surface area contributed by atoms with Crippen molar-refractivity contribution in [2.75, 3.05) is 18.4 Å². The average molecular weight is 340 g/mol. The second-order valence-electron chi connectivity index (χ2n) is 6.51. The zero-order valence-corrected chi connectivity index (χ0v) is 14.5. The van der Waals surface area contributed by atoms with Crippen molar-refractivity contribution in [3.05, 3.63) is 29.8 Å². The molecule has 1 aliphatic heterocycles. The van der Waals surface area contributed by atoms with E-state index in [0.717, 1.165) is 37.2 Å². The highest BCUT2D eigenvalue weighted by Gasteiger charge is 2.27. The summed E-state index contributed by atoms with van der Waals surface area (Å²) in [5.74, 6) is 0.285. The largest absolute Gasteiger partial charge is 0.369 e. The van der Waals surface area contributed by atoms with E-state index in [1.54, 1.807) is 13.8 Å². The fraction of sp³-hybridized carbons (Fsp3) is 0.529. The van der Waals surface area contributed by atoms with E-state index < -0.39 is 5.41 Å². The highest BCUT2D eigenvalue weighted by atomic mass is 35.5. The van der Waals surface area contributed by atoms with Gasteiger partial charge in [-0.3, -0.25) is 9.59 Å². The van der Waals surface area contributed by atoms with Crippen molar-refractivity contribution >= 4 is 29.9 Å². The number of amides is 2. The van der Waals surface area contributed by atoms with Crippen LogP contribution in [0.1, 0.15) is 38.7 Å². The van der Waals surface area contributed by atoms with Crippen LogP contribution in [0.5, 0.6) is 0 Å². The first-order valence-corrected chi connectivity index (χ1v) is 7.80. The Labute approximate surface area is 143 Å². The Morgan fingerprint density at radius 2 is 1.96 bits per heavy atom. The van der Waals surface area contributed by atoms with E-state index in [1.807, 2.05) is 24.3 Å². The van der Waals surface area contributed by atoms with Gasteiger partial charge in [0.15, 0.2) is 0 Å². The second kappa shape index (κ2) is 8.31. The third-order valence-corrected chi connectivity index (χ3v) is 4.45. The lowest BCUT2D eigenvalue weighted by Crippen LogP contribution is -2.35. The second-order valence-corrected chi connectivity index (χ2v) is 6.51. The van der Waals surface area contributed by atoms with Crippen molar-refractivity contribution in [3.63, 3.8) is 0 Å². The third kappa shape index (κ3) is 5.22. The number of primary amides is 1. The maximum atomic E-state index is 12.0. The number of rotatable bonds is 6. The molecule has 0 bridgehead atoms. The molecule has 1 aliphatic rings. The first-order chi connectivity index (χ1) is 10.4. The van der Waals surface area contributed by atoms with Crippen LogP contribution < -0.4 is 16.4 Å². The minimum Gasteiger partial charge on any atom is -0.369 e. The van der Waals surface area contributed by atoms with E-state index in [0.29, 0.717) is 12.3 Å². The minimum absolute atomic E-state index is 0. The van der Waals surface area contributed by atoms with Crippen molar-refractivity contribution in [3.8, 4) is 0 Å². The molecule has 5 nitrogen and oxygen atoms in total. The molecule has 0 radical (unpaired) electrons. The zero-order valence-electron chi connectivity index (χ0n) is 13.7. The molecule has 23 heavy (non-hydrogen) atoms. The highest BCUT2D eigenvalue weighted by Crippen LogP contribution is 2.24. The van der Waals surface area contributed by atoms with Gasteiger partial charge in [-0.05, 0) is 63.4 Å². The number of carbonyl (C=O) groups excluding carboxylic acids is 2. The summed E-state index contributed by atoms with van der Waals surface area (Å²) in [7, 11) is 0. The Bertz CT molecular complexity index is 537. The van der Waals surface area contributed by atoms with Gasteiger partial charge >= 0.3 is 0 Å². The molecule has 0 aliphatic carbocycles. The molecule has 1 atom stereocenters. The summed E-state index contributed by atoms with van der Waals surface area (Å²) in [4.78, 5) is 23.4. The number of nitrogens with one attached hydrogen (secondary N) is 2. The van der Waals surface area contributed by atoms with E-state index in [2.05, 4.69) is 10.6 Å². The Balaban J connectivity index is 0.00000264. The SMILES string of the molecule is CC(C)(C(N)=O)c1ccc(NC(=O)CCC2CCNC2)cc1.Cl. The van der Waals surface area contributed by atoms with Gasteiger partial charge in [-0.1, -0.05) is 12.1 Å². The normalized spacial score (nSPS) is 17.4. The molecule has 1 saturated heterocycles. The maximum absolute atomic E-state index is 12.0. The van der Waals surface area contributed by atoms with E-state index in [1.165, 1.54) is 0 Å². The van der Waals surface area contributed by atoms with Crippen LogP contribution >= 0.6 is 12.4 Å². The molecule has 0 aromatic heterocycles. The predicted octanol–water partition coefficient (Wildman–Crippen LogP) is 2.20. The molecule has 0 saturated carbocycles. The van der Waals surface area contributed by atoms with Crippen LogP contribution in [0.15, 0.2) is 24.3 Å². The topological polar surface area (TPSA) is 84.2 Å². The summed E-state index contributed by atoms with van der Waals surface area (Å²) in [5, 5.41) is 6.20. The smallest absolute Gasteiger partial charge is 0.227 e. The van der Waals surface area contributed by atoms with Crippen LogP contribution in [0.4, 0.5) is 5.69 Å². The van der Waals surface area contributed by atoms with Gasteiger partial charge in [-0.15, -0.1) is 12.4 Å². The Hall–Kier alpha value is -1.59. The molecular weight excluding hydrogens is 314 g/mol. The lowest BCUT2D eigenvalue weighted by molar-refractivity contribution is -0.122. The van der Waals surface area contributed by atoms with Crippen LogP contribution in [0.25, 0.3) is 0 Å². The van der Waals surface area contributed by atoms with Crippen molar-refractivity contribution in [2.45, 2.75) is 38.5 Å². The number of nitrogens with two attached hydrogens (primary N) is 1. The van der Waals surface area contributed by atoms with Crippen LogP contribution in [0.2, 0.25) is 0 Å². The van der Waals surface area contributed by atoms with Crippen molar-refractivity contribution < 1.29 is 9.59 Å². The van der Waals surface area contributed by atoms with Gasteiger partial charge in [0.05, 0.1) is 5.41 Å². The zero-order chi connectivity index (χ0) is 16.2. The molecule has 4 N–H and O–H groups in total. The van der Waals surface area contributed by atoms with Gasteiger partial charge in [-0.25, -0.2) is 0 Å². The molecule has 0 spiro atoms. The van der Waals surface area contributed by atoms with Gasteiger partial charge in [0.1, 0.15) is 0 Å². The summed E-state index contributed by atoms with van der Waals surface area (Å²) in [6.07, 6.45) is 2.62. The number of hydrogen-bond acceptors (Lipinski definition) is 3. The first-order valence-electron chi connectivity index (χ1n) is 7.80. The first kappa shape index (κ1) is 19.5. The van der Waals surface area contributed by atoms with E-state index >= 15 is 0 Å². The molecule has 1 aromatic rings. The van der Waals surface area contributed by atoms with E-state index in [9.17, 15) is 9.59 Å². The van der Waals surface area contributed by atoms with E-state index in [-0.39, 0.29) is 24.2 Å². The highest BCUT2D eigenvalue weighted by molar-refractivity contribution is 5.91. The van der Waals surface area contributed by atoms with Crippen LogP contribution in [-0.4, -0.2) is 24.9 Å². The van der Waals surface area contributed by atoms with Crippen molar-refractivity contribution in [1.82, 2.24) is 5.32 Å². The number of halogens is 1. The number of benzene rings is 1. The standard InChI is InChI=1S/C17H25N3O2.ClH/c1-17(2,16(18)22)13-4-6-14(7-5-13)20-15(21)8-3-12-9-10-19-11-12;/h4-7,12,19H,3,8-11H2,1-2H3,(H2,18,22)(H,20,21);1H. The van der Waals surface area contributed by atoms with Crippen molar-refractivity contribution in [2.24, 2.45) is 11.7 Å². The fourth-order valence-electron chi connectivity index (χ4n) is 2.63. The Kier molecular flexibility index (Phi) is 7.03.